The molecule has 0 saturated heterocycles. The van der Waals surface area contributed by atoms with Crippen molar-refractivity contribution in [3.63, 3.8) is 0 Å². The summed E-state index contributed by atoms with van der Waals surface area (Å²) in [6.07, 6.45) is -1.98. The van der Waals surface area contributed by atoms with E-state index in [9.17, 15) is 9.18 Å². The van der Waals surface area contributed by atoms with Gasteiger partial charge in [0.25, 0.3) is 0 Å². The van der Waals surface area contributed by atoms with Crippen LogP contribution in [0.15, 0.2) is 0 Å². The summed E-state index contributed by atoms with van der Waals surface area (Å²) in [4.78, 5) is 9.26. The van der Waals surface area contributed by atoms with Crippen molar-refractivity contribution in [3.8, 4) is 0 Å². The van der Waals surface area contributed by atoms with E-state index >= 15 is 0 Å². The zero-order valence-electron chi connectivity index (χ0n) is 3.02. The van der Waals surface area contributed by atoms with Crippen molar-refractivity contribution < 1.29 is 14.3 Å². The van der Waals surface area contributed by atoms with Gasteiger partial charge in [-0.3, -0.25) is 0 Å². The van der Waals surface area contributed by atoms with Gasteiger partial charge in [-0.05, 0) is 6.92 Å². The van der Waals surface area contributed by atoms with E-state index in [1.807, 2.05) is 0 Å². The highest BCUT2D eigenvalue weighted by molar-refractivity contribution is 5.72. The Morgan fingerprint density at radius 3 is 2.17 bits per heavy atom. The summed E-state index contributed by atoms with van der Waals surface area (Å²) in [7, 11) is 0. The minimum Gasteiger partial charge on any atom is -0.479 e. The van der Waals surface area contributed by atoms with E-state index in [0.717, 1.165) is 0 Å². The van der Waals surface area contributed by atoms with Gasteiger partial charge in [-0.1, -0.05) is 0 Å². The van der Waals surface area contributed by atoms with Crippen molar-refractivity contribution >= 4 is 5.97 Å². The maximum atomic E-state index is 11.1. The van der Waals surface area contributed by atoms with Crippen molar-refractivity contribution in [2.45, 2.75) is 6.17 Å². The van der Waals surface area contributed by atoms with Gasteiger partial charge in [0.1, 0.15) is 0 Å². The van der Waals surface area contributed by atoms with Gasteiger partial charge in [-0.25, -0.2) is 9.18 Å². The van der Waals surface area contributed by atoms with Gasteiger partial charge in [0, 0.05) is 0 Å². The fourth-order valence-corrected chi connectivity index (χ4v) is 0. The van der Waals surface area contributed by atoms with Crippen LogP contribution in [-0.2, 0) is 4.79 Å². The topological polar surface area (TPSA) is 37.3 Å². The highest BCUT2D eigenvalue weighted by Crippen LogP contribution is 1.82. The van der Waals surface area contributed by atoms with Crippen LogP contribution >= 0.6 is 0 Å². The fraction of sp³-hybridized carbons (Fsp3) is 0.333. The molecule has 0 aliphatic carbocycles. The lowest BCUT2D eigenvalue weighted by Gasteiger charge is -1.84. The zero-order chi connectivity index (χ0) is 5.15. The maximum absolute atomic E-state index is 11.1. The van der Waals surface area contributed by atoms with Crippen LogP contribution in [0, 0.1) is 6.92 Å². The largest absolute Gasteiger partial charge is 0.479 e. The number of halogens is 1. The predicted octanol–water partition coefficient (Wildman–Crippen LogP) is 0.243. The van der Waals surface area contributed by atoms with Crippen LogP contribution in [0.2, 0.25) is 0 Å². The lowest BCUT2D eigenvalue weighted by Crippen LogP contribution is -2.08. The summed E-state index contributed by atoms with van der Waals surface area (Å²) in [6.45, 7) is 2.57. The van der Waals surface area contributed by atoms with Crippen LogP contribution in [-0.4, -0.2) is 17.2 Å². The standard InChI is InChI=1S/C3H4FO2/c1-2(4)3(5)6/h2H,1H2,(H,5,6). The van der Waals surface area contributed by atoms with Crippen LogP contribution in [0.4, 0.5) is 4.39 Å². The molecule has 0 heterocycles. The van der Waals surface area contributed by atoms with Crippen molar-refractivity contribution in [2.75, 3.05) is 0 Å². The number of carboxylic acids is 1. The third-order valence-electron chi connectivity index (χ3n) is 0.268. The zero-order valence-corrected chi connectivity index (χ0v) is 3.02. The molecule has 1 atom stereocenters. The average Bonchev–Trinajstić information content (AvgIpc) is 1.36. The van der Waals surface area contributed by atoms with Crippen LogP contribution in [0.1, 0.15) is 0 Å². The van der Waals surface area contributed by atoms with Crippen LogP contribution in [0.5, 0.6) is 0 Å². The Balaban J connectivity index is 3.26. The molecule has 0 aliphatic heterocycles. The molecule has 3 heteroatoms. The van der Waals surface area contributed by atoms with Gasteiger partial charge in [0.2, 0.25) is 0 Å². The predicted molar refractivity (Wildman–Crippen MR) is 17.9 cm³/mol. The number of hydrogen-bond donors (Lipinski definition) is 1. The molecule has 0 aliphatic rings. The van der Waals surface area contributed by atoms with Crippen molar-refractivity contribution in [2.24, 2.45) is 0 Å². The first-order valence-electron chi connectivity index (χ1n) is 1.34. The second-order valence-corrected chi connectivity index (χ2v) is 0.806. The smallest absolute Gasteiger partial charge is 0.338 e. The van der Waals surface area contributed by atoms with Gasteiger partial charge in [-0.15, -0.1) is 0 Å². The Labute approximate surface area is 34.6 Å². The van der Waals surface area contributed by atoms with Gasteiger partial charge in [-0.2, -0.15) is 0 Å². The lowest BCUT2D eigenvalue weighted by atomic mass is 10.5. The van der Waals surface area contributed by atoms with E-state index < -0.39 is 12.1 Å². The number of aliphatic carboxylic acids is 1. The van der Waals surface area contributed by atoms with Gasteiger partial charge >= 0.3 is 5.97 Å². The highest BCUT2D eigenvalue weighted by Gasteiger charge is 2.04. The number of alkyl halides is 1. The Bertz CT molecular complexity index is 59.8. The summed E-state index contributed by atoms with van der Waals surface area (Å²) in [5, 5.41) is 7.55. The molecule has 0 aromatic heterocycles. The van der Waals surface area contributed by atoms with E-state index in [0.29, 0.717) is 0 Å². The SMILES string of the molecule is [CH2]C(F)C(=O)O. The van der Waals surface area contributed by atoms with Gasteiger partial charge in [0.15, 0.2) is 6.17 Å². The number of rotatable bonds is 1. The maximum Gasteiger partial charge on any atom is 0.338 e. The van der Waals surface area contributed by atoms with E-state index in [1.165, 1.54) is 0 Å². The highest BCUT2D eigenvalue weighted by atomic mass is 19.1. The monoisotopic (exact) mass is 91.0 g/mol. The summed E-state index contributed by atoms with van der Waals surface area (Å²) in [5.74, 6) is -1.52. The molecule has 0 fully saturated rings. The Kier molecular flexibility index (Phi) is 1.57. The normalized spacial score (nSPS) is 13.7. The fourth-order valence-electron chi connectivity index (χ4n) is 0. The van der Waals surface area contributed by atoms with E-state index in [4.69, 9.17) is 5.11 Å². The number of carbonyl (C=O) groups is 1. The van der Waals surface area contributed by atoms with E-state index in [-0.39, 0.29) is 0 Å². The molecule has 0 spiro atoms. The molecule has 0 saturated carbocycles. The summed E-state index contributed by atoms with van der Waals surface area (Å²) in [5.41, 5.74) is 0. The van der Waals surface area contributed by atoms with Crippen molar-refractivity contribution in [1.29, 1.82) is 0 Å². The molecule has 6 heavy (non-hydrogen) atoms. The molecule has 0 rings (SSSR count). The minimum absolute atomic E-state index is 1.52. The second-order valence-electron chi connectivity index (χ2n) is 0.806. The second kappa shape index (κ2) is 1.74. The third kappa shape index (κ3) is 1.69. The first kappa shape index (κ1) is 5.40. The summed E-state index contributed by atoms with van der Waals surface area (Å²) >= 11 is 0. The van der Waals surface area contributed by atoms with Crippen molar-refractivity contribution in [3.05, 3.63) is 6.92 Å². The van der Waals surface area contributed by atoms with Gasteiger partial charge in [0.05, 0.1) is 0 Å². The van der Waals surface area contributed by atoms with Crippen LogP contribution in [0.3, 0.4) is 0 Å². The number of hydrogen-bond acceptors (Lipinski definition) is 1. The average molecular weight is 91.1 g/mol. The first-order chi connectivity index (χ1) is 2.64. The molecule has 0 aromatic rings. The first-order valence-corrected chi connectivity index (χ1v) is 1.34. The molecule has 2 nitrogen and oxygen atoms in total. The quantitative estimate of drug-likeness (QED) is 0.502. The molecule has 1 radical (unpaired) electrons. The molecule has 1 unspecified atom stereocenters. The molecular weight excluding hydrogens is 87.0 g/mol. The molecular formula is C3H4FO2. The van der Waals surface area contributed by atoms with Crippen LogP contribution < -0.4 is 0 Å². The Morgan fingerprint density at radius 2 is 2.17 bits per heavy atom. The lowest BCUT2D eigenvalue weighted by molar-refractivity contribution is -0.141. The molecule has 0 amide bonds. The third-order valence-corrected chi connectivity index (χ3v) is 0.268. The van der Waals surface area contributed by atoms with Gasteiger partial charge < -0.3 is 5.11 Å². The minimum atomic E-state index is -1.98. The summed E-state index contributed by atoms with van der Waals surface area (Å²) in [6, 6.07) is 0. The Morgan fingerprint density at radius 1 is 2.00 bits per heavy atom. The van der Waals surface area contributed by atoms with E-state index in [2.05, 4.69) is 6.92 Å². The van der Waals surface area contributed by atoms with Crippen molar-refractivity contribution in [1.82, 2.24) is 0 Å². The molecule has 0 aromatic carbocycles. The molecule has 0 bridgehead atoms. The molecule has 1 N–H and O–H groups in total. The van der Waals surface area contributed by atoms with E-state index in [1.54, 1.807) is 0 Å². The summed E-state index contributed by atoms with van der Waals surface area (Å²) < 4.78 is 11.1. The van der Waals surface area contributed by atoms with Crippen LogP contribution in [0.25, 0.3) is 0 Å². The number of carboxylic acid groups (broad SMARTS) is 1. The molecule has 35 valence electrons. The Hall–Kier alpha value is -0.600.